The summed E-state index contributed by atoms with van der Waals surface area (Å²) in [6, 6.07) is 21.3. The summed E-state index contributed by atoms with van der Waals surface area (Å²) in [4.78, 5) is 28.9. The molecule has 2 atom stereocenters. The number of rotatable bonds is 11. The molecular formula is C37H34F5N3O3. The maximum absolute atomic E-state index is 14.1. The van der Waals surface area contributed by atoms with Gasteiger partial charge in [-0.15, -0.1) is 0 Å². The molecule has 250 valence electrons. The zero-order valence-corrected chi connectivity index (χ0v) is 25.9. The predicted molar refractivity (Wildman–Crippen MR) is 169 cm³/mol. The lowest BCUT2D eigenvalue weighted by molar-refractivity contribution is -0.137. The Labute approximate surface area is 274 Å². The molecule has 1 aliphatic heterocycles. The summed E-state index contributed by atoms with van der Waals surface area (Å²) in [5, 5.41) is 17.4. The normalized spacial score (nSPS) is 16.6. The summed E-state index contributed by atoms with van der Waals surface area (Å²) < 4.78 is 68.3. The topological polar surface area (TPSA) is 81.7 Å². The molecule has 4 aromatic rings. The lowest BCUT2D eigenvalue weighted by Gasteiger charge is -2.31. The van der Waals surface area contributed by atoms with E-state index in [2.05, 4.69) is 10.6 Å². The molecule has 0 aromatic heterocycles. The molecule has 1 fully saturated rings. The molecule has 2 amide bonds. The van der Waals surface area contributed by atoms with Crippen LogP contribution in [0.4, 0.5) is 22.0 Å². The molecule has 6 nitrogen and oxygen atoms in total. The van der Waals surface area contributed by atoms with Crippen molar-refractivity contribution in [1.29, 1.82) is 0 Å². The fraction of sp³-hybridized carbons (Fsp3) is 0.297. The first-order chi connectivity index (χ1) is 22.9. The maximum Gasteiger partial charge on any atom is 0.416 e. The van der Waals surface area contributed by atoms with E-state index in [1.165, 1.54) is 6.07 Å². The highest BCUT2D eigenvalue weighted by molar-refractivity contribution is 6.03. The van der Waals surface area contributed by atoms with Crippen molar-refractivity contribution in [1.82, 2.24) is 15.5 Å². The fourth-order valence-corrected chi connectivity index (χ4v) is 6.38. The van der Waals surface area contributed by atoms with Gasteiger partial charge in [-0.1, -0.05) is 48.5 Å². The first-order valence-corrected chi connectivity index (χ1v) is 15.7. The van der Waals surface area contributed by atoms with Gasteiger partial charge in [0.25, 0.3) is 11.8 Å². The van der Waals surface area contributed by atoms with Gasteiger partial charge in [-0.3, -0.25) is 9.59 Å². The van der Waals surface area contributed by atoms with Crippen LogP contribution in [0.3, 0.4) is 0 Å². The highest BCUT2D eigenvalue weighted by Gasteiger charge is 2.45. The minimum absolute atomic E-state index is 0.126. The molecule has 1 saturated carbocycles. The van der Waals surface area contributed by atoms with Crippen LogP contribution >= 0.6 is 0 Å². The third-order valence-electron chi connectivity index (χ3n) is 9.09. The number of nitrogens with one attached hydrogen (secondary N) is 2. The molecule has 1 aliphatic carbocycles. The number of hydrogen-bond acceptors (Lipinski definition) is 4. The van der Waals surface area contributed by atoms with Crippen LogP contribution in [0.15, 0.2) is 91.0 Å². The van der Waals surface area contributed by atoms with E-state index in [1.54, 1.807) is 29.2 Å². The minimum Gasteiger partial charge on any atom is -0.390 e. The molecule has 0 bridgehead atoms. The standard InChI is InChI=1S/C37H34F5N3O3/c38-27-16-24(17-28(39)20-27)18-32(33(46)21-43-36(13-14-36)25-8-4-9-26(19-25)37(40,41)42)44-34(47)30-10-5-11-31-29(30)12-15-45(35(31)48)22-23-6-2-1-3-7-23/h1-11,16-17,19-20,32-33,43,46H,12-15,18,21-22H2,(H,44,47)/t32-,33+/m0/s1. The van der Waals surface area contributed by atoms with Crippen LogP contribution in [-0.4, -0.2) is 47.1 Å². The van der Waals surface area contributed by atoms with Gasteiger partial charge < -0.3 is 20.6 Å². The molecule has 0 saturated heterocycles. The van der Waals surface area contributed by atoms with Crippen molar-refractivity contribution >= 4 is 11.8 Å². The zero-order valence-electron chi connectivity index (χ0n) is 25.9. The minimum atomic E-state index is -4.51. The zero-order chi connectivity index (χ0) is 34.1. The molecular weight excluding hydrogens is 629 g/mol. The number of carbonyl (C=O) groups is 2. The SMILES string of the molecule is O=C(N[C@@H](Cc1cc(F)cc(F)c1)[C@H](O)CNC1(c2cccc(C(F)(F)F)c2)CC1)c1cccc2c1CCN(Cc1ccccc1)C2=O. The Kier molecular flexibility index (Phi) is 9.35. The van der Waals surface area contributed by atoms with Crippen LogP contribution in [0.25, 0.3) is 0 Å². The summed E-state index contributed by atoms with van der Waals surface area (Å²) >= 11 is 0. The molecule has 3 N–H and O–H groups in total. The van der Waals surface area contributed by atoms with Gasteiger partial charge in [-0.05, 0) is 84.3 Å². The number of carbonyl (C=O) groups excluding carboxylic acids is 2. The van der Waals surface area contributed by atoms with Gasteiger partial charge in [-0.25, -0.2) is 8.78 Å². The van der Waals surface area contributed by atoms with Gasteiger partial charge in [0, 0.05) is 42.4 Å². The molecule has 0 unspecified atom stereocenters. The van der Waals surface area contributed by atoms with Crippen LogP contribution in [0.5, 0.6) is 0 Å². The Morgan fingerprint density at radius 2 is 1.60 bits per heavy atom. The van der Waals surface area contributed by atoms with Crippen molar-refractivity contribution in [3.05, 3.63) is 142 Å². The fourth-order valence-electron chi connectivity index (χ4n) is 6.38. The highest BCUT2D eigenvalue weighted by Crippen LogP contribution is 2.46. The molecule has 2 aliphatic rings. The van der Waals surface area contributed by atoms with Crippen LogP contribution in [-0.2, 0) is 31.1 Å². The number of hydrogen-bond donors (Lipinski definition) is 3. The van der Waals surface area contributed by atoms with Crippen LogP contribution in [0.1, 0.15) is 61.4 Å². The van der Waals surface area contributed by atoms with Gasteiger partial charge in [0.1, 0.15) is 11.6 Å². The van der Waals surface area contributed by atoms with E-state index in [9.17, 15) is 36.6 Å². The van der Waals surface area contributed by atoms with Crippen molar-refractivity contribution in [3.8, 4) is 0 Å². The van der Waals surface area contributed by atoms with Crippen molar-refractivity contribution in [2.45, 2.75) is 56.1 Å². The Bertz CT molecular complexity index is 1790. The molecule has 11 heteroatoms. The number of alkyl halides is 3. The maximum atomic E-state index is 14.1. The number of benzene rings is 4. The Balaban J connectivity index is 1.21. The molecule has 48 heavy (non-hydrogen) atoms. The Hall–Kier alpha value is -4.61. The quantitative estimate of drug-likeness (QED) is 0.168. The second kappa shape index (κ2) is 13.5. The Morgan fingerprint density at radius 3 is 2.29 bits per heavy atom. The molecule has 0 spiro atoms. The van der Waals surface area contributed by atoms with Gasteiger partial charge >= 0.3 is 6.18 Å². The lowest BCUT2D eigenvalue weighted by atomic mass is 9.92. The lowest BCUT2D eigenvalue weighted by Crippen LogP contribution is -2.50. The van der Waals surface area contributed by atoms with Crippen LogP contribution in [0, 0.1) is 11.6 Å². The van der Waals surface area contributed by atoms with E-state index >= 15 is 0 Å². The van der Waals surface area contributed by atoms with Crippen molar-refractivity contribution in [2.24, 2.45) is 0 Å². The van der Waals surface area contributed by atoms with E-state index in [-0.39, 0.29) is 30.0 Å². The molecule has 4 aromatic carbocycles. The number of amides is 2. The summed E-state index contributed by atoms with van der Waals surface area (Å²) in [5.41, 5.74) is 1.24. The number of aliphatic hydroxyl groups excluding tert-OH is 1. The van der Waals surface area contributed by atoms with Gasteiger partial charge in [0.15, 0.2) is 0 Å². The number of fused-ring (bicyclic) bond motifs is 1. The first kappa shape index (κ1) is 33.3. The van der Waals surface area contributed by atoms with Gasteiger partial charge in [-0.2, -0.15) is 13.2 Å². The van der Waals surface area contributed by atoms with Crippen LogP contribution in [0.2, 0.25) is 0 Å². The summed E-state index contributed by atoms with van der Waals surface area (Å²) in [5.74, 6) is -2.43. The highest BCUT2D eigenvalue weighted by atomic mass is 19.4. The summed E-state index contributed by atoms with van der Waals surface area (Å²) in [7, 11) is 0. The Morgan fingerprint density at radius 1 is 0.896 bits per heavy atom. The van der Waals surface area contributed by atoms with Crippen molar-refractivity contribution in [2.75, 3.05) is 13.1 Å². The van der Waals surface area contributed by atoms with Crippen LogP contribution < -0.4 is 10.6 Å². The average molecular weight is 664 g/mol. The van der Waals surface area contributed by atoms with Crippen molar-refractivity contribution < 1.29 is 36.6 Å². The molecule has 6 rings (SSSR count). The number of nitrogens with zero attached hydrogens (tertiary/aromatic N) is 1. The largest absolute Gasteiger partial charge is 0.416 e. The van der Waals surface area contributed by atoms with E-state index < -0.39 is 47.0 Å². The monoisotopic (exact) mass is 663 g/mol. The number of halogens is 5. The van der Waals surface area contributed by atoms with E-state index in [0.29, 0.717) is 49.0 Å². The van der Waals surface area contributed by atoms with E-state index in [4.69, 9.17) is 0 Å². The van der Waals surface area contributed by atoms with Gasteiger partial charge in [0.05, 0.1) is 17.7 Å². The number of aliphatic hydroxyl groups is 1. The second-order valence-electron chi connectivity index (χ2n) is 12.5. The third kappa shape index (κ3) is 7.42. The van der Waals surface area contributed by atoms with Gasteiger partial charge in [0.2, 0.25) is 0 Å². The summed E-state index contributed by atoms with van der Waals surface area (Å²) in [6.45, 7) is 0.684. The van der Waals surface area contributed by atoms with E-state index in [0.717, 1.165) is 35.9 Å². The summed E-state index contributed by atoms with van der Waals surface area (Å²) in [6.07, 6.45) is -4.45. The van der Waals surface area contributed by atoms with E-state index in [1.807, 2.05) is 30.3 Å². The first-order valence-electron chi connectivity index (χ1n) is 15.7. The predicted octanol–water partition coefficient (Wildman–Crippen LogP) is 6.16. The second-order valence-corrected chi connectivity index (χ2v) is 12.5. The average Bonchev–Trinajstić information content (AvgIpc) is 3.85. The smallest absolute Gasteiger partial charge is 0.390 e. The molecule has 1 heterocycles. The third-order valence-corrected chi connectivity index (χ3v) is 9.09. The molecule has 0 radical (unpaired) electrons. The van der Waals surface area contributed by atoms with Crippen molar-refractivity contribution in [3.63, 3.8) is 0 Å².